The minimum Gasteiger partial charge on any atom is -0.224 e. The molecule has 1 aromatic rings. The molecule has 0 spiro atoms. The van der Waals surface area contributed by atoms with Gasteiger partial charge >= 0.3 is 0 Å². The van der Waals surface area contributed by atoms with Gasteiger partial charge in [-0.3, -0.25) is 0 Å². The van der Waals surface area contributed by atoms with Gasteiger partial charge in [0.25, 0.3) is 0 Å². The number of benzene rings is 1. The fraction of sp³-hybridized carbons (Fsp3) is 0.400. The predicted molar refractivity (Wildman–Crippen MR) is 59.2 cm³/mol. The van der Waals surface area contributed by atoms with E-state index in [0.717, 1.165) is 0 Å². The first-order valence-corrected chi connectivity index (χ1v) is 6.49. The Morgan fingerprint density at radius 2 is 1.67 bits per heavy atom. The molecule has 0 N–H and O–H groups in total. The number of nitrogens with zero attached hydrogens (tertiary/aromatic N) is 2. The Kier molecular flexibility index (Phi) is 3.57. The van der Waals surface area contributed by atoms with E-state index >= 15 is 0 Å². The maximum absolute atomic E-state index is 11.2. The van der Waals surface area contributed by atoms with Crippen molar-refractivity contribution in [3.05, 3.63) is 24.3 Å². The second kappa shape index (κ2) is 4.53. The second-order valence-corrected chi connectivity index (χ2v) is 5.59. The molecule has 0 aromatic heterocycles. The maximum Gasteiger partial charge on any atom is 0.175 e. The zero-order chi connectivity index (χ0) is 11.5. The average Bonchev–Trinajstić information content (AvgIpc) is 2.14. The van der Waals surface area contributed by atoms with Crippen molar-refractivity contribution >= 4 is 15.5 Å². The summed E-state index contributed by atoms with van der Waals surface area (Å²) in [7, 11) is -3.12. The van der Waals surface area contributed by atoms with Gasteiger partial charge in [0, 0.05) is 6.26 Å². The van der Waals surface area contributed by atoms with Crippen LogP contribution in [0.15, 0.2) is 39.4 Å². The van der Waals surface area contributed by atoms with Crippen LogP contribution in [0.1, 0.15) is 13.8 Å². The average molecular weight is 226 g/mol. The van der Waals surface area contributed by atoms with E-state index in [1.807, 2.05) is 13.8 Å². The summed E-state index contributed by atoms with van der Waals surface area (Å²) in [5, 5.41) is 7.92. The van der Waals surface area contributed by atoms with Crippen LogP contribution >= 0.6 is 0 Å². The Bertz CT molecular complexity index is 447. The lowest BCUT2D eigenvalue weighted by Crippen LogP contribution is -1.95. The molecule has 0 saturated heterocycles. The third kappa shape index (κ3) is 3.79. The molecule has 0 aliphatic carbocycles. The van der Waals surface area contributed by atoms with Gasteiger partial charge < -0.3 is 0 Å². The lowest BCUT2D eigenvalue weighted by atomic mass is 10.3. The number of sulfone groups is 1. The predicted octanol–water partition coefficient (Wildman–Crippen LogP) is 2.58. The topological polar surface area (TPSA) is 58.9 Å². The van der Waals surface area contributed by atoms with Gasteiger partial charge in [-0.1, -0.05) is 0 Å². The van der Waals surface area contributed by atoms with Crippen LogP contribution in [0.3, 0.4) is 0 Å². The molecule has 0 bridgehead atoms. The summed E-state index contributed by atoms with van der Waals surface area (Å²) in [4.78, 5) is 0.297. The first-order chi connectivity index (χ1) is 6.89. The van der Waals surface area contributed by atoms with Crippen molar-refractivity contribution in [3.63, 3.8) is 0 Å². The maximum atomic E-state index is 11.2. The highest BCUT2D eigenvalue weighted by atomic mass is 32.2. The lowest BCUT2D eigenvalue weighted by Gasteiger charge is -1.98. The first-order valence-electron chi connectivity index (χ1n) is 4.60. The van der Waals surface area contributed by atoms with Crippen molar-refractivity contribution < 1.29 is 8.42 Å². The van der Waals surface area contributed by atoms with E-state index in [1.54, 1.807) is 12.1 Å². The molecule has 82 valence electrons. The van der Waals surface area contributed by atoms with Crippen molar-refractivity contribution in [2.45, 2.75) is 24.8 Å². The van der Waals surface area contributed by atoms with Gasteiger partial charge in [0.15, 0.2) is 9.84 Å². The smallest absolute Gasteiger partial charge is 0.175 e. The molecule has 4 nitrogen and oxygen atoms in total. The molecule has 0 aliphatic heterocycles. The second-order valence-electron chi connectivity index (χ2n) is 3.58. The molecule has 0 radical (unpaired) electrons. The number of hydrogen-bond acceptors (Lipinski definition) is 4. The minimum absolute atomic E-state index is 0.139. The Hall–Kier alpha value is -1.23. The van der Waals surface area contributed by atoms with Crippen LogP contribution in [0.5, 0.6) is 0 Å². The SMILES string of the molecule is CC(C)/N=N/c1ccc(S(C)(=O)=O)cc1. The monoisotopic (exact) mass is 226 g/mol. The quantitative estimate of drug-likeness (QED) is 0.744. The van der Waals surface area contributed by atoms with Crippen molar-refractivity contribution in [3.8, 4) is 0 Å². The molecule has 0 saturated carbocycles. The fourth-order valence-corrected chi connectivity index (χ4v) is 1.57. The van der Waals surface area contributed by atoms with Gasteiger partial charge in [-0.05, 0) is 38.1 Å². The summed E-state index contributed by atoms with van der Waals surface area (Å²) in [6, 6.07) is 6.48. The van der Waals surface area contributed by atoms with Crippen LogP contribution in [0.25, 0.3) is 0 Å². The van der Waals surface area contributed by atoms with Crippen LogP contribution in [0.4, 0.5) is 5.69 Å². The highest BCUT2D eigenvalue weighted by molar-refractivity contribution is 7.90. The fourth-order valence-electron chi connectivity index (χ4n) is 0.942. The van der Waals surface area contributed by atoms with Gasteiger partial charge in [0.05, 0.1) is 16.6 Å². The molecule has 0 amide bonds. The van der Waals surface area contributed by atoms with Crippen molar-refractivity contribution in [2.75, 3.05) is 6.26 Å². The number of azo groups is 1. The normalized spacial score (nSPS) is 12.5. The van der Waals surface area contributed by atoms with Crippen LogP contribution in [0, 0.1) is 0 Å². The molecule has 0 fully saturated rings. The molecule has 0 aliphatic rings. The summed E-state index contributed by atoms with van der Waals surface area (Å²) >= 11 is 0. The van der Waals surface area contributed by atoms with Crippen LogP contribution in [-0.4, -0.2) is 20.7 Å². The number of hydrogen-bond donors (Lipinski definition) is 0. The summed E-state index contributed by atoms with van der Waals surface area (Å²) < 4.78 is 22.3. The summed E-state index contributed by atoms with van der Waals surface area (Å²) in [5.74, 6) is 0. The molecule has 0 atom stereocenters. The lowest BCUT2D eigenvalue weighted by molar-refractivity contribution is 0.602. The van der Waals surface area contributed by atoms with Crippen molar-refractivity contribution in [2.24, 2.45) is 10.2 Å². The van der Waals surface area contributed by atoms with Gasteiger partial charge in [-0.15, -0.1) is 0 Å². The molecule has 0 unspecified atom stereocenters. The zero-order valence-corrected chi connectivity index (χ0v) is 9.82. The van der Waals surface area contributed by atoms with E-state index < -0.39 is 9.84 Å². The molecule has 15 heavy (non-hydrogen) atoms. The molecular weight excluding hydrogens is 212 g/mol. The van der Waals surface area contributed by atoms with E-state index in [0.29, 0.717) is 10.6 Å². The standard InChI is InChI=1S/C10H14N2O2S/c1-8(2)11-12-9-4-6-10(7-5-9)15(3,13)14/h4-8H,1-3H3/b12-11+. The van der Waals surface area contributed by atoms with Crippen LogP contribution in [0.2, 0.25) is 0 Å². The summed E-state index contributed by atoms with van der Waals surface area (Å²) in [6.45, 7) is 3.85. The van der Waals surface area contributed by atoms with E-state index in [9.17, 15) is 8.42 Å². The zero-order valence-electron chi connectivity index (χ0n) is 9.01. The van der Waals surface area contributed by atoms with Crippen molar-refractivity contribution in [1.82, 2.24) is 0 Å². The van der Waals surface area contributed by atoms with Gasteiger partial charge in [0.1, 0.15) is 0 Å². The van der Waals surface area contributed by atoms with Crippen molar-refractivity contribution in [1.29, 1.82) is 0 Å². The highest BCUT2D eigenvalue weighted by Gasteiger charge is 2.05. The molecule has 1 aromatic carbocycles. The third-order valence-electron chi connectivity index (χ3n) is 1.67. The first kappa shape index (κ1) is 11.8. The molecule has 0 heterocycles. The van der Waals surface area contributed by atoms with Crippen LogP contribution in [-0.2, 0) is 9.84 Å². The molecule has 5 heteroatoms. The van der Waals surface area contributed by atoms with E-state index in [2.05, 4.69) is 10.2 Å². The number of rotatable bonds is 3. The Morgan fingerprint density at radius 3 is 2.07 bits per heavy atom. The van der Waals surface area contributed by atoms with Gasteiger partial charge in [-0.25, -0.2) is 8.42 Å². The summed E-state index contributed by atoms with van der Waals surface area (Å²) in [6.07, 6.45) is 1.18. The van der Waals surface area contributed by atoms with E-state index in [4.69, 9.17) is 0 Å². The summed E-state index contributed by atoms with van der Waals surface area (Å²) in [5.41, 5.74) is 0.663. The van der Waals surface area contributed by atoms with E-state index in [1.165, 1.54) is 18.4 Å². The highest BCUT2D eigenvalue weighted by Crippen LogP contribution is 2.16. The largest absolute Gasteiger partial charge is 0.224 e. The van der Waals surface area contributed by atoms with Crippen LogP contribution < -0.4 is 0 Å². The van der Waals surface area contributed by atoms with E-state index in [-0.39, 0.29) is 6.04 Å². The Morgan fingerprint density at radius 1 is 1.13 bits per heavy atom. The molecule has 1 rings (SSSR count). The molecular formula is C10H14N2O2S. The Balaban J connectivity index is 2.91. The van der Waals surface area contributed by atoms with Gasteiger partial charge in [0.2, 0.25) is 0 Å². The minimum atomic E-state index is -3.12. The third-order valence-corrected chi connectivity index (χ3v) is 2.80. The van der Waals surface area contributed by atoms with Gasteiger partial charge in [-0.2, -0.15) is 10.2 Å². The Labute approximate surface area is 90.0 Å².